The minimum Gasteiger partial charge on any atom is -0.377 e. The van der Waals surface area contributed by atoms with Crippen LogP contribution in [-0.4, -0.2) is 48.7 Å². The fourth-order valence-corrected chi connectivity index (χ4v) is 2.65. The summed E-state index contributed by atoms with van der Waals surface area (Å²) in [4.78, 5) is 14.5. The molecule has 2 unspecified atom stereocenters. The van der Waals surface area contributed by atoms with Crippen LogP contribution in [0.5, 0.6) is 0 Å². The van der Waals surface area contributed by atoms with Gasteiger partial charge in [-0.15, -0.1) is 0 Å². The number of ether oxygens (including phenoxy) is 1. The van der Waals surface area contributed by atoms with E-state index < -0.39 is 0 Å². The first-order chi connectivity index (χ1) is 7.67. The number of morpholine rings is 1. The summed E-state index contributed by atoms with van der Waals surface area (Å²) in [7, 11) is 0. The lowest BCUT2D eigenvalue weighted by atomic mass is 9.97. The Labute approximate surface area is 97.3 Å². The van der Waals surface area contributed by atoms with Crippen LogP contribution in [-0.2, 0) is 9.53 Å². The summed E-state index contributed by atoms with van der Waals surface area (Å²) < 4.78 is 5.43. The molecule has 2 rings (SSSR count). The van der Waals surface area contributed by atoms with E-state index in [-0.39, 0.29) is 17.5 Å². The Hall–Kier alpha value is -0.610. The van der Waals surface area contributed by atoms with Gasteiger partial charge >= 0.3 is 0 Å². The molecule has 92 valence electrons. The van der Waals surface area contributed by atoms with Crippen LogP contribution in [0.4, 0.5) is 0 Å². The van der Waals surface area contributed by atoms with Crippen LogP contribution < -0.4 is 5.32 Å². The molecule has 4 nitrogen and oxygen atoms in total. The summed E-state index contributed by atoms with van der Waals surface area (Å²) in [6.07, 6.45) is 3.03. The standard InChI is InChI=1S/C12H22N2O2/c1-3-10-9-16-8-7-14(10)11(15)12(2)5-4-6-13-12/h10,13H,3-9H2,1-2H3. The molecular weight excluding hydrogens is 204 g/mol. The molecule has 2 fully saturated rings. The van der Waals surface area contributed by atoms with Crippen LogP contribution in [0.3, 0.4) is 0 Å². The molecule has 2 aliphatic rings. The summed E-state index contributed by atoms with van der Waals surface area (Å²) in [6.45, 7) is 7.23. The summed E-state index contributed by atoms with van der Waals surface area (Å²) in [5, 5.41) is 3.34. The van der Waals surface area contributed by atoms with E-state index in [1.807, 2.05) is 11.8 Å². The van der Waals surface area contributed by atoms with E-state index >= 15 is 0 Å². The number of carbonyl (C=O) groups excluding carboxylic acids is 1. The normalized spacial score (nSPS) is 35.4. The largest absolute Gasteiger partial charge is 0.377 e. The highest BCUT2D eigenvalue weighted by molar-refractivity contribution is 5.86. The zero-order chi connectivity index (χ0) is 11.6. The van der Waals surface area contributed by atoms with Crippen molar-refractivity contribution >= 4 is 5.91 Å². The van der Waals surface area contributed by atoms with E-state index in [1.54, 1.807) is 0 Å². The average Bonchev–Trinajstić information content (AvgIpc) is 2.76. The molecule has 16 heavy (non-hydrogen) atoms. The number of hydrogen-bond acceptors (Lipinski definition) is 3. The van der Waals surface area contributed by atoms with Gasteiger partial charge in [0.1, 0.15) is 0 Å². The van der Waals surface area contributed by atoms with E-state index in [0.717, 1.165) is 32.4 Å². The van der Waals surface area contributed by atoms with Crippen molar-refractivity contribution in [1.29, 1.82) is 0 Å². The first kappa shape index (κ1) is 11.9. The second-order valence-corrected chi connectivity index (χ2v) is 5.00. The van der Waals surface area contributed by atoms with Crippen molar-refractivity contribution in [2.24, 2.45) is 0 Å². The Morgan fingerprint density at radius 1 is 1.62 bits per heavy atom. The topological polar surface area (TPSA) is 41.6 Å². The SMILES string of the molecule is CCC1COCCN1C(=O)C1(C)CCCN1. The third-order valence-electron chi connectivity index (χ3n) is 3.80. The predicted octanol–water partition coefficient (Wildman–Crippen LogP) is 0.766. The molecule has 0 aliphatic carbocycles. The summed E-state index contributed by atoms with van der Waals surface area (Å²) >= 11 is 0. The van der Waals surface area contributed by atoms with Crippen LogP contribution in [0.2, 0.25) is 0 Å². The Kier molecular flexibility index (Phi) is 3.50. The zero-order valence-electron chi connectivity index (χ0n) is 10.3. The van der Waals surface area contributed by atoms with Gasteiger partial charge in [-0.25, -0.2) is 0 Å². The van der Waals surface area contributed by atoms with Gasteiger partial charge in [-0.2, -0.15) is 0 Å². The molecule has 2 atom stereocenters. The predicted molar refractivity (Wildman–Crippen MR) is 62.3 cm³/mol. The van der Waals surface area contributed by atoms with Crippen LogP contribution in [0.25, 0.3) is 0 Å². The molecule has 2 heterocycles. The molecule has 4 heteroatoms. The number of nitrogens with one attached hydrogen (secondary N) is 1. The van der Waals surface area contributed by atoms with Crippen molar-refractivity contribution in [2.75, 3.05) is 26.3 Å². The second kappa shape index (κ2) is 4.72. The molecule has 0 saturated carbocycles. The third kappa shape index (κ3) is 2.09. The molecule has 1 amide bonds. The Bertz CT molecular complexity index is 262. The number of rotatable bonds is 2. The summed E-state index contributed by atoms with van der Waals surface area (Å²) in [6, 6.07) is 0.264. The lowest BCUT2D eigenvalue weighted by molar-refractivity contribution is -0.146. The molecule has 0 spiro atoms. The van der Waals surface area contributed by atoms with Crippen LogP contribution in [0, 0.1) is 0 Å². The van der Waals surface area contributed by atoms with E-state index in [9.17, 15) is 4.79 Å². The number of carbonyl (C=O) groups is 1. The second-order valence-electron chi connectivity index (χ2n) is 5.00. The molecule has 1 N–H and O–H groups in total. The van der Waals surface area contributed by atoms with Crippen LogP contribution in [0.15, 0.2) is 0 Å². The number of nitrogens with zero attached hydrogens (tertiary/aromatic N) is 1. The Morgan fingerprint density at radius 3 is 3.06 bits per heavy atom. The summed E-state index contributed by atoms with van der Waals surface area (Å²) in [5.74, 6) is 0.264. The molecule has 0 radical (unpaired) electrons. The van der Waals surface area contributed by atoms with Gasteiger partial charge < -0.3 is 15.0 Å². The van der Waals surface area contributed by atoms with Crippen molar-refractivity contribution < 1.29 is 9.53 Å². The van der Waals surface area contributed by atoms with Crippen molar-refractivity contribution in [3.63, 3.8) is 0 Å². The van der Waals surface area contributed by atoms with E-state index in [0.29, 0.717) is 13.2 Å². The molecule has 0 aromatic rings. The maximum Gasteiger partial charge on any atom is 0.242 e. The molecule has 2 aliphatic heterocycles. The fourth-order valence-electron chi connectivity index (χ4n) is 2.65. The third-order valence-corrected chi connectivity index (χ3v) is 3.80. The van der Waals surface area contributed by atoms with E-state index in [1.165, 1.54) is 0 Å². The van der Waals surface area contributed by atoms with Gasteiger partial charge in [0.05, 0.1) is 24.8 Å². The quantitative estimate of drug-likeness (QED) is 0.756. The minimum absolute atomic E-state index is 0.264. The van der Waals surface area contributed by atoms with E-state index in [4.69, 9.17) is 4.74 Å². The first-order valence-electron chi connectivity index (χ1n) is 6.31. The fraction of sp³-hybridized carbons (Fsp3) is 0.917. The molecule has 0 bridgehead atoms. The molecule has 0 aromatic heterocycles. The lowest BCUT2D eigenvalue weighted by Gasteiger charge is -2.39. The highest BCUT2D eigenvalue weighted by Gasteiger charge is 2.41. The molecule has 0 aromatic carbocycles. The molecular formula is C12H22N2O2. The highest BCUT2D eigenvalue weighted by Crippen LogP contribution is 2.24. The van der Waals surface area contributed by atoms with Gasteiger partial charge in [0, 0.05) is 6.54 Å². The number of amides is 1. The minimum atomic E-state index is -0.329. The van der Waals surface area contributed by atoms with Crippen LogP contribution in [0.1, 0.15) is 33.1 Å². The first-order valence-corrected chi connectivity index (χ1v) is 6.31. The van der Waals surface area contributed by atoms with Crippen molar-refractivity contribution in [1.82, 2.24) is 10.2 Å². The zero-order valence-corrected chi connectivity index (χ0v) is 10.3. The monoisotopic (exact) mass is 226 g/mol. The smallest absolute Gasteiger partial charge is 0.242 e. The van der Waals surface area contributed by atoms with Crippen molar-refractivity contribution in [3.8, 4) is 0 Å². The van der Waals surface area contributed by atoms with Crippen molar-refractivity contribution in [3.05, 3.63) is 0 Å². The Morgan fingerprint density at radius 2 is 2.44 bits per heavy atom. The van der Waals surface area contributed by atoms with Gasteiger partial charge in [-0.05, 0) is 32.7 Å². The van der Waals surface area contributed by atoms with Gasteiger partial charge in [-0.3, -0.25) is 4.79 Å². The maximum absolute atomic E-state index is 12.5. The van der Waals surface area contributed by atoms with E-state index in [2.05, 4.69) is 12.2 Å². The maximum atomic E-state index is 12.5. The Balaban J connectivity index is 2.07. The average molecular weight is 226 g/mol. The van der Waals surface area contributed by atoms with Gasteiger partial charge in [0.25, 0.3) is 0 Å². The highest BCUT2D eigenvalue weighted by atomic mass is 16.5. The van der Waals surface area contributed by atoms with Gasteiger partial charge in [0.15, 0.2) is 0 Å². The van der Waals surface area contributed by atoms with Crippen molar-refractivity contribution in [2.45, 2.75) is 44.7 Å². The summed E-state index contributed by atoms with van der Waals surface area (Å²) in [5.41, 5.74) is -0.329. The van der Waals surface area contributed by atoms with Gasteiger partial charge in [-0.1, -0.05) is 6.92 Å². The lowest BCUT2D eigenvalue weighted by Crippen LogP contribution is -2.58. The van der Waals surface area contributed by atoms with Gasteiger partial charge in [0.2, 0.25) is 5.91 Å². The van der Waals surface area contributed by atoms with Crippen LogP contribution >= 0.6 is 0 Å². The molecule has 2 saturated heterocycles. The number of hydrogen-bond donors (Lipinski definition) is 1.